The molecule has 0 spiro atoms. The molecule has 0 aromatic heterocycles. The molecule has 0 atom stereocenters. The summed E-state index contributed by atoms with van der Waals surface area (Å²) in [6.45, 7) is 0.946. The third kappa shape index (κ3) is 7.73. The number of benzene rings is 3. The molecule has 0 heterocycles. The zero-order chi connectivity index (χ0) is 23.5. The predicted octanol–water partition coefficient (Wildman–Crippen LogP) is 3.74. The second-order valence-electron chi connectivity index (χ2n) is 7.40. The molecule has 3 rings (SSSR count). The first-order valence-electron chi connectivity index (χ1n) is 10.6. The lowest BCUT2D eigenvalue weighted by Gasteiger charge is -2.24. The van der Waals surface area contributed by atoms with Crippen molar-refractivity contribution in [3.8, 4) is 5.75 Å². The molecule has 2 amide bonds. The first-order chi connectivity index (χ1) is 16.0. The van der Waals surface area contributed by atoms with Gasteiger partial charge in [0.25, 0.3) is 5.91 Å². The summed E-state index contributed by atoms with van der Waals surface area (Å²) in [5, 5.41) is 2.79. The Bertz CT molecular complexity index is 1040. The molecule has 0 aliphatic carbocycles. The summed E-state index contributed by atoms with van der Waals surface area (Å²) in [7, 11) is 1.57. The van der Waals surface area contributed by atoms with Crippen molar-refractivity contribution < 1.29 is 23.5 Å². The summed E-state index contributed by atoms with van der Waals surface area (Å²) in [6, 6.07) is 22.3. The first kappa shape index (κ1) is 23.9. The number of methoxy groups -OCH3 is 1. The predicted molar refractivity (Wildman–Crippen MR) is 125 cm³/mol. The number of halogens is 1. The standard InChI is InChI=1S/C26H27FN2O4/c1-32-15-14-28-25(30)17-21-6-5-7-23(16-21)29(18-20-10-12-22(27)13-11-20)26(31)19-33-24-8-3-2-4-9-24/h2-13,16H,14-15,17-19H2,1H3,(H,28,30). The van der Waals surface area contributed by atoms with Crippen molar-refractivity contribution in [1.29, 1.82) is 0 Å². The maximum absolute atomic E-state index is 13.4. The van der Waals surface area contributed by atoms with Crippen molar-refractivity contribution in [1.82, 2.24) is 5.32 Å². The zero-order valence-corrected chi connectivity index (χ0v) is 18.5. The number of nitrogens with zero attached hydrogens (tertiary/aromatic N) is 1. The lowest BCUT2D eigenvalue weighted by Crippen LogP contribution is -2.34. The number of carbonyl (C=O) groups excluding carboxylic acids is 2. The molecule has 0 fully saturated rings. The van der Waals surface area contributed by atoms with Gasteiger partial charge in [-0.15, -0.1) is 0 Å². The van der Waals surface area contributed by atoms with E-state index in [1.54, 1.807) is 54.5 Å². The van der Waals surface area contributed by atoms with Crippen molar-refractivity contribution in [2.45, 2.75) is 13.0 Å². The van der Waals surface area contributed by atoms with Crippen molar-refractivity contribution in [2.75, 3.05) is 31.8 Å². The number of para-hydroxylation sites is 1. The van der Waals surface area contributed by atoms with Gasteiger partial charge in [-0.25, -0.2) is 4.39 Å². The van der Waals surface area contributed by atoms with Crippen LogP contribution in [0.2, 0.25) is 0 Å². The SMILES string of the molecule is COCCNC(=O)Cc1cccc(N(Cc2ccc(F)cc2)C(=O)COc2ccccc2)c1. The van der Waals surface area contributed by atoms with Crippen LogP contribution in [-0.2, 0) is 27.3 Å². The van der Waals surface area contributed by atoms with Gasteiger partial charge in [0.15, 0.2) is 6.61 Å². The highest BCUT2D eigenvalue weighted by atomic mass is 19.1. The van der Waals surface area contributed by atoms with Crippen molar-refractivity contribution in [2.24, 2.45) is 0 Å². The van der Waals surface area contributed by atoms with Crippen LogP contribution >= 0.6 is 0 Å². The third-order valence-electron chi connectivity index (χ3n) is 4.88. The largest absolute Gasteiger partial charge is 0.484 e. The maximum atomic E-state index is 13.4. The maximum Gasteiger partial charge on any atom is 0.265 e. The average molecular weight is 451 g/mol. The van der Waals surface area contributed by atoms with Gasteiger partial charge >= 0.3 is 0 Å². The number of nitrogens with one attached hydrogen (secondary N) is 1. The molecule has 172 valence electrons. The molecule has 3 aromatic rings. The van der Waals surface area contributed by atoms with Crippen LogP contribution in [0.3, 0.4) is 0 Å². The molecule has 0 radical (unpaired) electrons. The lowest BCUT2D eigenvalue weighted by atomic mass is 10.1. The van der Waals surface area contributed by atoms with Crippen LogP contribution in [0.4, 0.5) is 10.1 Å². The molecule has 0 aliphatic rings. The minimum Gasteiger partial charge on any atom is -0.484 e. The molecule has 0 unspecified atom stereocenters. The van der Waals surface area contributed by atoms with Gasteiger partial charge in [0, 0.05) is 19.3 Å². The van der Waals surface area contributed by atoms with Crippen LogP contribution in [0.15, 0.2) is 78.9 Å². The average Bonchev–Trinajstić information content (AvgIpc) is 2.83. The molecule has 7 heteroatoms. The molecular weight excluding hydrogens is 423 g/mol. The van der Waals surface area contributed by atoms with Gasteiger partial charge in [-0.1, -0.05) is 42.5 Å². The van der Waals surface area contributed by atoms with Gasteiger partial charge in [0.05, 0.1) is 19.6 Å². The minimum absolute atomic E-state index is 0.131. The van der Waals surface area contributed by atoms with Crippen LogP contribution in [0, 0.1) is 5.82 Å². The number of anilines is 1. The third-order valence-corrected chi connectivity index (χ3v) is 4.88. The summed E-state index contributed by atoms with van der Waals surface area (Å²) in [5.74, 6) is -0.141. The van der Waals surface area contributed by atoms with E-state index >= 15 is 0 Å². The van der Waals surface area contributed by atoms with E-state index in [1.807, 2.05) is 24.3 Å². The quantitative estimate of drug-likeness (QED) is 0.452. The van der Waals surface area contributed by atoms with Gasteiger partial charge in [-0.3, -0.25) is 9.59 Å². The molecule has 1 N–H and O–H groups in total. The Hall–Kier alpha value is -3.71. The van der Waals surface area contributed by atoms with Crippen LogP contribution in [0.5, 0.6) is 5.75 Å². The van der Waals surface area contributed by atoms with E-state index in [9.17, 15) is 14.0 Å². The Balaban J connectivity index is 1.76. The Labute approximate surface area is 192 Å². The Morgan fingerprint density at radius 1 is 0.939 bits per heavy atom. The first-order valence-corrected chi connectivity index (χ1v) is 10.6. The van der Waals surface area contributed by atoms with Gasteiger partial charge in [0.1, 0.15) is 11.6 Å². The molecule has 0 saturated heterocycles. The molecule has 6 nitrogen and oxygen atoms in total. The van der Waals surface area contributed by atoms with Crippen LogP contribution < -0.4 is 15.0 Å². The molecule has 0 saturated carbocycles. The molecular formula is C26H27FN2O4. The number of rotatable bonds is 11. The van der Waals surface area contributed by atoms with E-state index in [4.69, 9.17) is 9.47 Å². The smallest absolute Gasteiger partial charge is 0.265 e. The Morgan fingerprint density at radius 2 is 1.70 bits per heavy atom. The monoisotopic (exact) mass is 450 g/mol. The summed E-state index contributed by atoms with van der Waals surface area (Å²) in [5.41, 5.74) is 2.17. The van der Waals surface area contributed by atoms with Crippen molar-refractivity contribution in [3.63, 3.8) is 0 Å². The summed E-state index contributed by atoms with van der Waals surface area (Å²) < 4.78 is 23.9. The fourth-order valence-corrected chi connectivity index (χ4v) is 3.21. The number of ether oxygens (including phenoxy) is 2. The highest BCUT2D eigenvalue weighted by Gasteiger charge is 2.18. The van der Waals surface area contributed by atoms with Gasteiger partial charge in [-0.05, 0) is 47.5 Å². The van der Waals surface area contributed by atoms with E-state index in [1.165, 1.54) is 12.1 Å². The fourth-order valence-electron chi connectivity index (χ4n) is 3.21. The zero-order valence-electron chi connectivity index (χ0n) is 18.5. The van der Waals surface area contributed by atoms with Gasteiger partial charge in [0.2, 0.25) is 5.91 Å². The fraction of sp³-hybridized carbons (Fsp3) is 0.231. The van der Waals surface area contributed by atoms with Crippen LogP contribution in [-0.4, -0.2) is 38.7 Å². The number of hydrogen-bond acceptors (Lipinski definition) is 4. The summed E-state index contributed by atoms with van der Waals surface area (Å²) in [4.78, 5) is 26.9. The van der Waals surface area contributed by atoms with E-state index in [0.29, 0.717) is 24.6 Å². The van der Waals surface area contributed by atoms with Crippen molar-refractivity contribution in [3.05, 3.63) is 95.8 Å². The Kier molecular flexibility index (Phi) is 8.97. The summed E-state index contributed by atoms with van der Waals surface area (Å²) in [6.07, 6.45) is 0.177. The lowest BCUT2D eigenvalue weighted by molar-refractivity contribution is -0.121. The topological polar surface area (TPSA) is 67.9 Å². The van der Waals surface area contributed by atoms with Crippen molar-refractivity contribution >= 4 is 17.5 Å². The highest BCUT2D eigenvalue weighted by Crippen LogP contribution is 2.21. The number of hydrogen-bond donors (Lipinski definition) is 1. The van der Waals surface area contributed by atoms with E-state index in [-0.39, 0.29) is 37.2 Å². The molecule has 0 bridgehead atoms. The second-order valence-corrected chi connectivity index (χ2v) is 7.40. The highest BCUT2D eigenvalue weighted by molar-refractivity contribution is 5.94. The van der Waals surface area contributed by atoms with Crippen LogP contribution in [0.25, 0.3) is 0 Å². The van der Waals surface area contributed by atoms with Crippen LogP contribution in [0.1, 0.15) is 11.1 Å². The Morgan fingerprint density at radius 3 is 2.42 bits per heavy atom. The van der Waals surface area contributed by atoms with Gasteiger partial charge in [-0.2, -0.15) is 0 Å². The normalized spacial score (nSPS) is 10.5. The van der Waals surface area contributed by atoms with Gasteiger partial charge < -0.3 is 19.7 Å². The van der Waals surface area contributed by atoms with E-state index in [2.05, 4.69) is 5.32 Å². The molecule has 33 heavy (non-hydrogen) atoms. The molecule has 3 aromatic carbocycles. The van der Waals surface area contributed by atoms with E-state index in [0.717, 1.165) is 11.1 Å². The van der Waals surface area contributed by atoms with E-state index < -0.39 is 0 Å². The second kappa shape index (κ2) is 12.4. The number of amides is 2. The summed E-state index contributed by atoms with van der Waals surface area (Å²) >= 11 is 0. The minimum atomic E-state index is -0.342. The number of carbonyl (C=O) groups is 2. The molecule has 0 aliphatic heterocycles.